The van der Waals surface area contributed by atoms with Crippen molar-refractivity contribution >= 4 is 17.9 Å². The van der Waals surface area contributed by atoms with Gasteiger partial charge in [0.05, 0.1) is 26.1 Å². The Bertz CT molecular complexity index is 554. The van der Waals surface area contributed by atoms with Crippen molar-refractivity contribution in [2.75, 3.05) is 27.4 Å². The number of halogens is 1. The minimum Gasteiger partial charge on any atom is -0.497 e. The molecule has 5 heteroatoms. The van der Waals surface area contributed by atoms with E-state index in [1.54, 1.807) is 14.2 Å². The van der Waals surface area contributed by atoms with Gasteiger partial charge in [-0.2, -0.15) is 0 Å². The van der Waals surface area contributed by atoms with Crippen LogP contribution >= 0.6 is 11.6 Å². The maximum Gasteiger partial charge on any atom is 0.130 e. The molecule has 2 rings (SSSR count). The quantitative estimate of drug-likeness (QED) is 0.353. The first kappa shape index (κ1) is 18.1. The van der Waals surface area contributed by atoms with Gasteiger partial charge >= 0.3 is 0 Å². The van der Waals surface area contributed by atoms with E-state index < -0.39 is 0 Å². The van der Waals surface area contributed by atoms with Gasteiger partial charge in [-0.3, -0.25) is 4.99 Å². The summed E-state index contributed by atoms with van der Waals surface area (Å²) in [6.07, 6.45) is 2.83. The third-order valence-electron chi connectivity index (χ3n) is 4.26. The molecule has 0 saturated heterocycles. The van der Waals surface area contributed by atoms with Crippen LogP contribution < -0.4 is 4.74 Å². The van der Waals surface area contributed by atoms with E-state index in [0.717, 1.165) is 24.3 Å². The van der Waals surface area contributed by atoms with E-state index in [1.165, 1.54) is 5.56 Å². The number of aliphatic imine (C=N–C) groups is 1. The Morgan fingerprint density at radius 1 is 1.39 bits per heavy atom. The summed E-state index contributed by atoms with van der Waals surface area (Å²) in [6.45, 7) is 7.97. The lowest BCUT2D eigenvalue weighted by molar-refractivity contribution is 0.135. The fraction of sp³-hybridized carbons (Fsp3) is 0.611. The smallest absolute Gasteiger partial charge is 0.130 e. The molecule has 0 bridgehead atoms. The molecular weight excluding hydrogens is 312 g/mol. The summed E-state index contributed by atoms with van der Waals surface area (Å²) < 4.78 is 10.6. The van der Waals surface area contributed by atoms with Gasteiger partial charge in [0.15, 0.2) is 0 Å². The van der Waals surface area contributed by atoms with Crippen molar-refractivity contribution in [2.45, 2.75) is 38.7 Å². The van der Waals surface area contributed by atoms with E-state index in [0.29, 0.717) is 6.61 Å². The molecule has 0 spiro atoms. The first-order chi connectivity index (χ1) is 10.9. The summed E-state index contributed by atoms with van der Waals surface area (Å²) >= 11 is 6.65. The Hall–Kier alpha value is -1.26. The van der Waals surface area contributed by atoms with E-state index in [4.69, 9.17) is 26.1 Å². The van der Waals surface area contributed by atoms with Gasteiger partial charge in [-0.05, 0) is 35.1 Å². The SMILES string of the molecule is COC[C@@H](N=CN1CCc2cc(OC)ccc2C1Cl)C(C)(C)C. The Morgan fingerprint density at radius 3 is 2.74 bits per heavy atom. The van der Waals surface area contributed by atoms with Crippen LogP contribution in [0, 0.1) is 5.41 Å². The first-order valence-corrected chi connectivity index (χ1v) is 8.39. The zero-order valence-corrected chi connectivity index (χ0v) is 15.4. The van der Waals surface area contributed by atoms with Crippen molar-refractivity contribution in [1.29, 1.82) is 0 Å². The van der Waals surface area contributed by atoms with Crippen molar-refractivity contribution < 1.29 is 9.47 Å². The number of fused-ring (bicyclic) bond motifs is 1. The van der Waals surface area contributed by atoms with Crippen LogP contribution in [-0.2, 0) is 11.2 Å². The number of nitrogens with zero attached hydrogens (tertiary/aromatic N) is 2. The highest BCUT2D eigenvalue weighted by Crippen LogP contribution is 2.34. The molecule has 0 amide bonds. The van der Waals surface area contributed by atoms with Crippen molar-refractivity contribution in [3.63, 3.8) is 0 Å². The topological polar surface area (TPSA) is 34.1 Å². The molecule has 1 aliphatic heterocycles. The van der Waals surface area contributed by atoms with Crippen LogP contribution in [0.4, 0.5) is 0 Å². The highest BCUT2D eigenvalue weighted by molar-refractivity contribution is 6.21. The number of benzene rings is 1. The lowest BCUT2D eigenvalue weighted by Gasteiger charge is -2.33. The number of rotatable bonds is 5. The number of ether oxygens (including phenoxy) is 2. The summed E-state index contributed by atoms with van der Waals surface area (Å²) in [5.74, 6) is 0.877. The second-order valence-corrected chi connectivity index (χ2v) is 7.40. The summed E-state index contributed by atoms with van der Waals surface area (Å²) in [4.78, 5) is 6.82. The standard InChI is InChI=1S/C18H27ClN2O2/c1-18(2,3)16(11-22-4)20-12-21-9-8-13-10-14(23-5)6-7-15(13)17(21)19/h6-7,10,12,16-17H,8-9,11H2,1-5H3/t16-,17?/m1/s1. The summed E-state index contributed by atoms with van der Waals surface area (Å²) in [5, 5.41) is 0. The Kier molecular flexibility index (Phi) is 5.93. The molecular formula is C18H27ClN2O2. The van der Waals surface area contributed by atoms with Crippen molar-refractivity contribution in [2.24, 2.45) is 10.4 Å². The van der Waals surface area contributed by atoms with Crippen LogP contribution in [0.15, 0.2) is 23.2 Å². The third kappa shape index (κ3) is 4.39. The van der Waals surface area contributed by atoms with E-state index in [2.05, 4.69) is 31.7 Å². The molecule has 0 fully saturated rings. The Balaban J connectivity index is 2.14. The van der Waals surface area contributed by atoms with E-state index in [1.807, 2.05) is 18.5 Å². The maximum atomic E-state index is 6.65. The fourth-order valence-corrected chi connectivity index (χ4v) is 3.02. The molecule has 1 aromatic rings. The van der Waals surface area contributed by atoms with E-state index in [-0.39, 0.29) is 17.0 Å². The predicted molar refractivity (Wildman–Crippen MR) is 95.6 cm³/mol. The lowest BCUT2D eigenvalue weighted by Crippen LogP contribution is -2.34. The highest BCUT2D eigenvalue weighted by atomic mass is 35.5. The molecule has 0 aromatic heterocycles. The minimum atomic E-state index is -0.198. The Morgan fingerprint density at radius 2 is 2.13 bits per heavy atom. The largest absolute Gasteiger partial charge is 0.497 e. The van der Waals surface area contributed by atoms with Crippen LogP contribution in [-0.4, -0.2) is 44.7 Å². The minimum absolute atomic E-state index is 0.0510. The molecule has 4 nitrogen and oxygen atoms in total. The van der Waals surface area contributed by atoms with E-state index >= 15 is 0 Å². The van der Waals surface area contributed by atoms with Crippen LogP contribution in [0.25, 0.3) is 0 Å². The zero-order valence-electron chi connectivity index (χ0n) is 14.7. The summed E-state index contributed by atoms with van der Waals surface area (Å²) in [7, 11) is 3.40. The van der Waals surface area contributed by atoms with Gasteiger partial charge in [-0.1, -0.05) is 38.4 Å². The van der Waals surface area contributed by atoms with Crippen LogP contribution in [0.1, 0.15) is 37.4 Å². The molecule has 1 heterocycles. The van der Waals surface area contributed by atoms with Gasteiger partial charge in [0.2, 0.25) is 0 Å². The van der Waals surface area contributed by atoms with E-state index in [9.17, 15) is 0 Å². The zero-order chi connectivity index (χ0) is 17.0. The number of alkyl halides is 1. The molecule has 23 heavy (non-hydrogen) atoms. The van der Waals surface area contributed by atoms with Crippen LogP contribution in [0.5, 0.6) is 5.75 Å². The van der Waals surface area contributed by atoms with Gasteiger partial charge in [-0.25, -0.2) is 0 Å². The molecule has 0 aliphatic carbocycles. The molecule has 128 valence electrons. The van der Waals surface area contributed by atoms with Gasteiger partial charge in [0, 0.05) is 13.7 Å². The second kappa shape index (κ2) is 7.54. The van der Waals surface area contributed by atoms with Gasteiger partial charge in [0.1, 0.15) is 11.3 Å². The fourth-order valence-electron chi connectivity index (χ4n) is 2.66. The van der Waals surface area contributed by atoms with Gasteiger partial charge in [0.25, 0.3) is 0 Å². The highest BCUT2D eigenvalue weighted by Gasteiger charge is 2.26. The molecule has 0 saturated carbocycles. The van der Waals surface area contributed by atoms with Crippen molar-refractivity contribution in [1.82, 2.24) is 4.90 Å². The molecule has 1 aromatic carbocycles. The Labute approximate surface area is 144 Å². The monoisotopic (exact) mass is 338 g/mol. The average Bonchev–Trinajstić information content (AvgIpc) is 2.51. The molecule has 1 aliphatic rings. The van der Waals surface area contributed by atoms with Gasteiger partial charge in [-0.15, -0.1) is 0 Å². The van der Waals surface area contributed by atoms with Gasteiger partial charge < -0.3 is 14.4 Å². The second-order valence-electron chi connectivity index (χ2n) is 6.99. The number of hydrogen-bond donors (Lipinski definition) is 0. The maximum absolute atomic E-state index is 6.65. The van der Waals surface area contributed by atoms with Crippen LogP contribution in [0.2, 0.25) is 0 Å². The van der Waals surface area contributed by atoms with Crippen molar-refractivity contribution in [3.8, 4) is 5.75 Å². The van der Waals surface area contributed by atoms with Crippen LogP contribution in [0.3, 0.4) is 0 Å². The molecule has 2 atom stereocenters. The predicted octanol–water partition coefficient (Wildman–Crippen LogP) is 3.88. The molecule has 1 unspecified atom stereocenters. The number of hydrogen-bond acceptors (Lipinski definition) is 3. The summed E-state index contributed by atoms with van der Waals surface area (Å²) in [5.41, 5.74) is 2.23. The normalized spacial score (nSPS) is 19.7. The molecule has 0 radical (unpaired) electrons. The van der Waals surface area contributed by atoms with Crippen molar-refractivity contribution in [3.05, 3.63) is 29.3 Å². The third-order valence-corrected chi connectivity index (χ3v) is 4.74. The molecule has 0 N–H and O–H groups in total. The number of methoxy groups -OCH3 is 2. The average molecular weight is 339 g/mol. The lowest BCUT2D eigenvalue weighted by atomic mass is 9.88. The first-order valence-electron chi connectivity index (χ1n) is 7.95. The summed E-state index contributed by atoms with van der Waals surface area (Å²) in [6, 6.07) is 6.18.